The standard InChI is InChI=1S/C30H30FN7O4S/c1-4-24(39)36-13-14-37(17(2)16-36)28-20-15-21(31)25(26-22(32)8-6-12-33-26)34-29(20)38(30(40)35-28)27-19(18-10-11-18)7-5-9-23(27)43(3,41)42/h4-9,12,15,17-18H,1,10-11,13-14,16,32H2,2-3H3/t17-/m0/s1. The molecule has 6 rings (SSSR count). The van der Waals surface area contributed by atoms with E-state index in [4.69, 9.17) is 5.73 Å². The maximum atomic E-state index is 15.9. The molecule has 3 aromatic heterocycles. The Balaban J connectivity index is 1.67. The van der Waals surface area contributed by atoms with Crippen molar-refractivity contribution >= 4 is 38.3 Å². The highest BCUT2D eigenvalue weighted by Gasteiger charge is 2.34. The zero-order valence-electron chi connectivity index (χ0n) is 23.7. The Morgan fingerprint density at radius 1 is 1.14 bits per heavy atom. The first-order valence-electron chi connectivity index (χ1n) is 13.8. The lowest BCUT2D eigenvalue weighted by atomic mass is 10.1. The molecule has 1 saturated heterocycles. The second-order valence-electron chi connectivity index (χ2n) is 11.0. The van der Waals surface area contributed by atoms with Crippen LogP contribution in [0.5, 0.6) is 0 Å². The highest BCUT2D eigenvalue weighted by atomic mass is 32.2. The average molecular weight is 604 g/mol. The number of rotatable bonds is 6. The lowest BCUT2D eigenvalue weighted by Gasteiger charge is -2.40. The summed E-state index contributed by atoms with van der Waals surface area (Å²) in [4.78, 5) is 43.0. The molecule has 0 bridgehead atoms. The Bertz CT molecular complexity index is 1970. The van der Waals surface area contributed by atoms with E-state index in [0.29, 0.717) is 25.2 Å². The molecule has 1 atom stereocenters. The number of fused-ring (bicyclic) bond motifs is 1. The average Bonchev–Trinajstić information content (AvgIpc) is 3.82. The van der Waals surface area contributed by atoms with Gasteiger partial charge in [0.1, 0.15) is 17.2 Å². The van der Waals surface area contributed by atoms with Crippen LogP contribution in [0.4, 0.5) is 15.9 Å². The number of nitrogen functional groups attached to an aromatic ring is 1. The summed E-state index contributed by atoms with van der Waals surface area (Å²) in [6, 6.07) is 9.02. The van der Waals surface area contributed by atoms with Crippen LogP contribution in [0.15, 0.2) is 64.9 Å². The predicted octanol–water partition coefficient (Wildman–Crippen LogP) is 3.07. The Kier molecular flexibility index (Phi) is 6.99. The van der Waals surface area contributed by atoms with Gasteiger partial charge in [0, 0.05) is 38.1 Å². The zero-order chi connectivity index (χ0) is 30.6. The Morgan fingerprint density at radius 2 is 1.91 bits per heavy atom. The molecular weight excluding hydrogens is 573 g/mol. The van der Waals surface area contributed by atoms with Crippen LogP contribution in [-0.2, 0) is 14.6 Å². The van der Waals surface area contributed by atoms with Gasteiger partial charge in [-0.15, -0.1) is 0 Å². The maximum absolute atomic E-state index is 15.9. The molecule has 2 fully saturated rings. The van der Waals surface area contributed by atoms with Crippen molar-refractivity contribution in [3.05, 3.63) is 77.1 Å². The number of nitrogens with zero attached hydrogens (tertiary/aromatic N) is 6. The lowest BCUT2D eigenvalue weighted by molar-refractivity contribution is -0.126. The van der Waals surface area contributed by atoms with Gasteiger partial charge >= 0.3 is 5.69 Å². The number of carbonyl (C=O) groups excluding carboxylic acids is 1. The molecule has 1 saturated carbocycles. The topological polar surface area (TPSA) is 144 Å². The van der Waals surface area contributed by atoms with Crippen molar-refractivity contribution in [2.24, 2.45) is 0 Å². The zero-order valence-corrected chi connectivity index (χ0v) is 24.5. The first-order chi connectivity index (χ1) is 20.5. The lowest BCUT2D eigenvalue weighted by Crippen LogP contribution is -2.54. The fourth-order valence-electron chi connectivity index (χ4n) is 5.71. The third kappa shape index (κ3) is 5.03. The summed E-state index contributed by atoms with van der Waals surface area (Å²) < 4.78 is 43.2. The predicted molar refractivity (Wildman–Crippen MR) is 161 cm³/mol. The van der Waals surface area contributed by atoms with Gasteiger partial charge in [-0.2, -0.15) is 4.98 Å². The smallest absolute Gasteiger partial charge is 0.355 e. The van der Waals surface area contributed by atoms with E-state index >= 15 is 4.39 Å². The number of hydrogen-bond donors (Lipinski definition) is 1. The quantitative estimate of drug-likeness (QED) is 0.329. The molecule has 0 unspecified atom stereocenters. The summed E-state index contributed by atoms with van der Waals surface area (Å²) >= 11 is 0. The number of sulfone groups is 1. The van der Waals surface area contributed by atoms with Crippen molar-refractivity contribution in [3.63, 3.8) is 0 Å². The summed E-state index contributed by atoms with van der Waals surface area (Å²) in [6.45, 7) is 6.41. The van der Waals surface area contributed by atoms with Crippen LogP contribution in [0.2, 0.25) is 0 Å². The van der Waals surface area contributed by atoms with Gasteiger partial charge < -0.3 is 15.5 Å². The first-order valence-corrected chi connectivity index (χ1v) is 15.7. The number of amides is 1. The minimum absolute atomic E-state index is 0.0197. The van der Waals surface area contributed by atoms with Crippen molar-refractivity contribution in [1.29, 1.82) is 0 Å². The molecule has 11 nitrogen and oxygen atoms in total. The number of para-hydroxylation sites is 1. The van der Waals surface area contributed by atoms with Crippen LogP contribution in [0.25, 0.3) is 28.1 Å². The number of benzene rings is 1. The maximum Gasteiger partial charge on any atom is 0.355 e. The number of anilines is 2. The van der Waals surface area contributed by atoms with Crippen LogP contribution in [-0.4, -0.2) is 70.7 Å². The summed E-state index contributed by atoms with van der Waals surface area (Å²) in [7, 11) is -3.81. The summed E-state index contributed by atoms with van der Waals surface area (Å²) in [5.41, 5.74) is 6.31. The molecule has 1 aliphatic carbocycles. The number of halogens is 1. The van der Waals surface area contributed by atoms with Crippen LogP contribution in [0, 0.1) is 5.82 Å². The number of carbonyl (C=O) groups is 1. The minimum atomic E-state index is -3.81. The monoisotopic (exact) mass is 603 g/mol. The molecule has 1 amide bonds. The number of nitrogens with two attached hydrogens (primary N) is 1. The molecule has 43 heavy (non-hydrogen) atoms. The Morgan fingerprint density at radius 3 is 2.56 bits per heavy atom. The van der Waals surface area contributed by atoms with E-state index in [0.717, 1.165) is 19.1 Å². The van der Waals surface area contributed by atoms with E-state index in [1.807, 2.05) is 11.8 Å². The van der Waals surface area contributed by atoms with Crippen molar-refractivity contribution in [2.45, 2.75) is 36.6 Å². The largest absolute Gasteiger partial charge is 0.397 e. The van der Waals surface area contributed by atoms with E-state index in [-0.39, 0.29) is 62.4 Å². The molecular formula is C30H30FN7O4S. The summed E-state index contributed by atoms with van der Waals surface area (Å²) in [6.07, 6.45) is 5.45. The van der Waals surface area contributed by atoms with Crippen LogP contribution >= 0.6 is 0 Å². The summed E-state index contributed by atoms with van der Waals surface area (Å²) in [5.74, 6) is -0.709. The molecule has 1 aromatic carbocycles. The highest BCUT2D eigenvalue weighted by molar-refractivity contribution is 7.90. The van der Waals surface area contributed by atoms with Gasteiger partial charge in [0.15, 0.2) is 21.3 Å². The normalized spacial score (nSPS) is 17.3. The highest BCUT2D eigenvalue weighted by Crippen LogP contribution is 2.45. The van der Waals surface area contributed by atoms with E-state index in [1.54, 1.807) is 29.2 Å². The van der Waals surface area contributed by atoms with Crippen molar-refractivity contribution in [3.8, 4) is 17.1 Å². The van der Waals surface area contributed by atoms with E-state index in [9.17, 15) is 18.0 Å². The van der Waals surface area contributed by atoms with Gasteiger partial charge in [-0.1, -0.05) is 18.7 Å². The van der Waals surface area contributed by atoms with E-state index < -0.39 is 21.3 Å². The Hall–Kier alpha value is -4.65. The van der Waals surface area contributed by atoms with Gasteiger partial charge in [-0.3, -0.25) is 9.78 Å². The van der Waals surface area contributed by atoms with Crippen LogP contribution in [0.3, 0.4) is 0 Å². The van der Waals surface area contributed by atoms with Crippen molar-refractivity contribution < 1.29 is 17.6 Å². The van der Waals surface area contributed by atoms with Gasteiger partial charge in [-0.25, -0.2) is 27.2 Å². The molecule has 2 aliphatic rings. The van der Waals surface area contributed by atoms with Gasteiger partial charge in [0.05, 0.1) is 21.7 Å². The molecule has 0 spiro atoms. The SMILES string of the molecule is C=CC(=O)N1CCN(c2nc(=O)n(-c3c(C4CC4)cccc3S(C)(=O)=O)c3nc(-c4ncccc4N)c(F)cc23)[C@@H](C)C1. The third-order valence-electron chi connectivity index (χ3n) is 7.92. The number of aromatic nitrogens is 4. The van der Waals surface area contributed by atoms with E-state index in [2.05, 4.69) is 21.5 Å². The second-order valence-corrected chi connectivity index (χ2v) is 12.9. The number of pyridine rings is 2. The van der Waals surface area contributed by atoms with Crippen LogP contribution < -0.4 is 16.3 Å². The first kappa shape index (κ1) is 28.5. The Labute approximate surface area is 247 Å². The molecule has 1 aliphatic heterocycles. The molecule has 13 heteroatoms. The van der Waals surface area contributed by atoms with E-state index in [1.165, 1.54) is 29.0 Å². The molecule has 0 radical (unpaired) electrons. The number of piperazine rings is 1. The molecule has 4 aromatic rings. The van der Waals surface area contributed by atoms with Gasteiger partial charge in [0.2, 0.25) is 5.91 Å². The fourth-order valence-corrected chi connectivity index (χ4v) is 6.60. The minimum Gasteiger partial charge on any atom is -0.397 e. The van der Waals surface area contributed by atoms with Crippen molar-refractivity contribution in [1.82, 2.24) is 24.4 Å². The molecule has 4 heterocycles. The molecule has 2 N–H and O–H groups in total. The van der Waals surface area contributed by atoms with Crippen LogP contribution in [0.1, 0.15) is 31.2 Å². The molecule has 222 valence electrons. The van der Waals surface area contributed by atoms with Gasteiger partial charge in [0.25, 0.3) is 0 Å². The fraction of sp³-hybridized carbons (Fsp3) is 0.300. The number of hydrogen-bond acceptors (Lipinski definition) is 9. The third-order valence-corrected chi connectivity index (χ3v) is 9.05. The summed E-state index contributed by atoms with van der Waals surface area (Å²) in [5, 5.41) is 0.204. The van der Waals surface area contributed by atoms with Crippen molar-refractivity contribution in [2.75, 3.05) is 36.5 Å². The second kappa shape index (κ2) is 10.6. The van der Waals surface area contributed by atoms with Gasteiger partial charge in [-0.05, 0) is 61.6 Å².